The Morgan fingerprint density at radius 2 is 1.41 bits per heavy atom. The van der Waals surface area contributed by atoms with Crippen molar-refractivity contribution in [3.63, 3.8) is 0 Å². The number of furan rings is 1. The fourth-order valence-electron chi connectivity index (χ4n) is 6.26. The van der Waals surface area contributed by atoms with Crippen LogP contribution in [0.3, 0.4) is 0 Å². The van der Waals surface area contributed by atoms with Gasteiger partial charge < -0.3 is 4.42 Å². The summed E-state index contributed by atoms with van der Waals surface area (Å²) < 4.78 is 8.50. The van der Waals surface area contributed by atoms with Crippen LogP contribution in [0.2, 0.25) is 0 Å². The Kier molecular flexibility index (Phi) is 4.00. The smallest absolute Gasteiger partial charge is 0.215 e. The van der Waals surface area contributed by atoms with E-state index in [9.17, 15) is 0 Å². The van der Waals surface area contributed by atoms with Gasteiger partial charge in [0.15, 0.2) is 0 Å². The highest BCUT2D eigenvalue weighted by atomic mass is 16.3. The normalized spacial score (nSPS) is 13.9. The van der Waals surface area contributed by atoms with Crippen molar-refractivity contribution in [1.29, 1.82) is 0 Å². The van der Waals surface area contributed by atoms with E-state index in [4.69, 9.17) is 9.40 Å². The maximum absolute atomic E-state index is 6.36. The first-order valence-corrected chi connectivity index (χ1v) is 12.7. The lowest BCUT2D eigenvalue weighted by molar-refractivity contribution is 0.644. The molecule has 0 saturated heterocycles. The molecule has 3 aromatic heterocycles. The molecule has 0 unspecified atom stereocenters. The third kappa shape index (κ3) is 2.74. The Balaban J connectivity index is 1.27. The number of para-hydroxylation sites is 2. The molecular formula is C34H24N2O. The van der Waals surface area contributed by atoms with Gasteiger partial charge in [-0.3, -0.25) is 4.57 Å². The number of hydrogen-bond donors (Lipinski definition) is 0. The first kappa shape index (κ1) is 20.6. The van der Waals surface area contributed by atoms with Crippen LogP contribution in [0.4, 0.5) is 0 Å². The minimum Gasteiger partial charge on any atom is -0.439 e. The van der Waals surface area contributed by atoms with Crippen LogP contribution < -0.4 is 0 Å². The quantitative estimate of drug-likeness (QED) is 0.249. The van der Waals surface area contributed by atoms with E-state index in [1.807, 2.05) is 18.3 Å². The highest BCUT2D eigenvalue weighted by Crippen LogP contribution is 2.49. The molecule has 0 N–H and O–H groups in total. The van der Waals surface area contributed by atoms with Gasteiger partial charge in [-0.2, -0.15) is 0 Å². The number of nitrogens with zero attached hydrogens (tertiary/aromatic N) is 2. The first-order chi connectivity index (χ1) is 18.1. The number of benzene rings is 4. The van der Waals surface area contributed by atoms with E-state index >= 15 is 0 Å². The summed E-state index contributed by atoms with van der Waals surface area (Å²) in [7, 11) is 0. The van der Waals surface area contributed by atoms with E-state index in [0.717, 1.165) is 39.0 Å². The number of hydrogen-bond acceptors (Lipinski definition) is 2. The topological polar surface area (TPSA) is 31.0 Å². The predicted octanol–water partition coefficient (Wildman–Crippen LogP) is 8.90. The third-order valence-corrected chi connectivity index (χ3v) is 8.09. The molecule has 0 aliphatic heterocycles. The monoisotopic (exact) mass is 476 g/mol. The van der Waals surface area contributed by atoms with Gasteiger partial charge in [-0.05, 0) is 58.1 Å². The van der Waals surface area contributed by atoms with E-state index in [1.165, 1.54) is 33.2 Å². The molecule has 0 amide bonds. The predicted molar refractivity (Wildman–Crippen MR) is 151 cm³/mol. The van der Waals surface area contributed by atoms with Gasteiger partial charge in [0.2, 0.25) is 5.71 Å². The summed E-state index contributed by atoms with van der Waals surface area (Å²) in [6.07, 6.45) is 1.98. The number of aromatic nitrogens is 2. The van der Waals surface area contributed by atoms with E-state index in [-0.39, 0.29) is 5.41 Å². The fraction of sp³-hybridized carbons (Fsp3) is 0.0882. The summed E-state index contributed by atoms with van der Waals surface area (Å²) in [4.78, 5) is 4.94. The maximum atomic E-state index is 6.36. The zero-order valence-corrected chi connectivity index (χ0v) is 20.7. The standard InChI is InChI=1S/C34H24N2O/c1-34(2)27-12-6-3-9-23(27)26-19-21(15-17-28(26)34)22-16-18-31(35-20-22)36-29-13-7-4-10-24(29)32-25-11-5-8-14-30(25)37-33(32)36/h3-20H,1-2H3. The fourth-order valence-corrected chi connectivity index (χ4v) is 6.26. The molecule has 1 aliphatic rings. The zero-order valence-electron chi connectivity index (χ0n) is 20.7. The van der Waals surface area contributed by atoms with Crippen LogP contribution in [0, 0.1) is 0 Å². The maximum Gasteiger partial charge on any atom is 0.215 e. The zero-order chi connectivity index (χ0) is 24.7. The van der Waals surface area contributed by atoms with Crippen LogP contribution in [0.5, 0.6) is 0 Å². The van der Waals surface area contributed by atoms with E-state index in [1.54, 1.807) is 0 Å². The van der Waals surface area contributed by atoms with E-state index in [2.05, 4.69) is 109 Å². The molecule has 4 aromatic carbocycles. The Labute approximate surface area is 214 Å². The van der Waals surface area contributed by atoms with Crippen molar-refractivity contribution in [2.24, 2.45) is 0 Å². The van der Waals surface area contributed by atoms with Crippen LogP contribution in [-0.4, -0.2) is 9.55 Å². The van der Waals surface area contributed by atoms with Gasteiger partial charge in [-0.15, -0.1) is 0 Å². The molecule has 3 heteroatoms. The van der Waals surface area contributed by atoms with Crippen LogP contribution in [0.15, 0.2) is 114 Å². The number of rotatable bonds is 2. The average molecular weight is 477 g/mol. The SMILES string of the molecule is CC1(C)c2ccccc2-c2cc(-c3ccc(-n4c5ccccc5c5c6ccccc6oc54)nc3)ccc21. The van der Waals surface area contributed by atoms with Crippen molar-refractivity contribution in [1.82, 2.24) is 9.55 Å². The molecule has 1 aliphatic carbocycles. The molecule has 0 fully saturated rings. The molecule has 0 saturated carbocycles. The highest BCUT2D eigenvalue weighted by molar-refractivity contribution is 6.19. The van der Waals surface area contributed by atoms with Gasteiger partial charge in [-0.25, -0.2) is 4.98 Å². The molecule has 3 nitrogen and oxygen atoms in total. The molecule has 7 aromatic rings. The molecule has 3 heterocycles. The van der Waals surface area contributed by atoms with Crippen molar-refractivity contribution in [2.45, 2.75) is 19.3 Å². The van der Waals surface area contributed by atoms with Crippen molar-refractivity contribution >= 4 is 33.0 Å². The van der Waals surface area contributed by atoms with Gasteiger partial charge in [0.05, 0.1) is 10.9 Å². The van der Waals surface area contributed by atoms with Crippen molar-refractivity contribution in [3.05, 3.63) is 120 Å². The van der Waals surface area contributed by atoms with Gasteiger partial charge in [0.1, 0.15) is 11.4 Å². The molecule has 0 spiro atoms. The second-order valence-corrected chi connectivity index (χ2v) is 10.5. The lowest BCUT2D eigenvalue weighted by Gasteiger charge is -2.21. The second kappa shape index (κ2) is 7.21. The van der Waals surface area contributed by atoms with Crippen LogP contribution >= 0.6 is 0 Å². The van der Waals surface area contributed by atoms with Crippen molar-refractivity contribution in [3.8, 4) is 28.1 Å². The van der Waals surface area contributed by atoms with Crippen molar-refractivity contribution in [2.75, 3.05) is 0 Å². The lowest BCUT2D eigenvalue weighted by atomic mass is 9.82. The highest BCUT2D eigenvalue weighted by Gasteiger charge is 2.35. The van der Waals surface area contributed by atoms with Gasteiger partial charge in [0.25, 0.3) is 0 Å². The molecular weight excluding hydrogens is 452 g/mol. The number of fused-ring (bicyclic) bond motifs is 8. The lowest BCUT2D eigenvalue weighted by Crippen LogP contribution is -2.14. The second-order valence-electron chi connectivity index (χ2n) is 10.5. The summed E-state index contributed by atoms with van der Waals surface area (Å²) in [6.45, 7) is 4.63. The van der Waals surface area contributed by atoms with Crippen LogP contribution in [0.1, 0.15) is 25.0 Å². The molecule has 8 rings (SSSR count). The minimum atomic E-state index is 0.0139. The third-order valence-electron chi connectivity index (χ3n) is 8.09. The number of pyridine rings is 1. The summed E-state index contributed by atoms with van der Waals surface area (Å²) in [5, 5.41) is 3.44. The summed E-state index contributed by atoms with van der Waals surface area (Å²) in [6, 6.07) is 36.5. The summed E-state index contributed by atoms with van der Waals surface area (Å²) in [5.41, 5.74) is 10.5. The van der Waals surface area contributed by atoms with Crippen LogP contribution in [0.25, 0.3) is 61.0 Å². The molecule has 0 radical (unpaired) electrons. The van der Waals surface area contributed by atoms with Gasteiger partial charge >= 0.3 is 0 Å². The van der Waals surface area contributed by atoms with Gasteiger partial charge in [0, 0.05) is 27.9 Å². The van der Waals surface area contributed by atoms with E-state index in [0.29, 0.717) is 0 Å². The Morgan fingerprint density at radius 3 is 2.27 bits per heavy atom. The minimum absolute atomic E-state index is 0.0139. The summed E-state index contributed by atoms with van der Waals surface area (Å²) in [5.74, 6) is 0.849. The van der Waals surface area contributed by atoms with Crippen LogP contribution in [-0.2, 0) is 5.41 Å². The first-order valence-electron chi connectivity index (χ1n) is 12.7. The van der Waals surface area contributed by atoms with Gasteiger partial charge in [-0.1, -0.05) is 86.6 Å². The Hall–Kier alpha value is -4.63. The molecule has 176 valence electrons. The Morgan fingerprint density at radius 1 is 0.676 bits per heavy atom. The molecule has 37 heavy (non-hydrogen) atoms. The average Bonchev–Trinajstić information content (AvgIpc) is 3.54. The van der Waals surface area contributed by atoms with E-state index < -0.39 is 0 Å². The largest absolute Gasteiger partial charge is 0.439 e. The molecule has 0 atom stereocenters. The Bertz CT molecular complexity index is 2000. The molecule has 0 bridgehead atoms. The van der Waals surface area contributed by atoms with Crippen molar-refractivity contribution < 1.29 is 4.42 Å². The summed E-state index contributed by atoms with van der Waals surface area (Å²) >= 11 is 0.